The van der Waals surface area contributed by atoms with Gasteiger partial charge in [0.1, 0.15) is 12.4 Å². The van der Waals surface area contributed by atoms with Crippen LogP contribution in [0.15, 0.2) is 47.6 Å². The van der Waals surface area contributed by atoms with Crippen molar-refractivity contribution in [2.45, 2.75) is 25.8 Å². The van der Waals surface area contributed by atoms with Crippen LogP contribution in [-0.2, 0) is 9.53 Å². The SMILES string of the molecule is CCCNC(=O)N(CCOC)CC(=O)N1N=C(c2ccccc2F)C[C@H]1c1ccc2c(c1)OCO2. The molecular weight excluding hydrogens is 455 g/mol. The van der Waals surface area contributed by atoms with Crippen LogP contribution in [0, 0.1) is 5.82 Å². The summed E-state index contributed by atoms with van der Waals surface area (Å²) in [5.41, 5.74) is 1.57. The first-order chi connectivity index (χ1) is 17.0. The van der Waals surface area contributed by atoms with Crippen LogP contribution in [0.1, 0.15) is 36.9 Å². The molecular formula is C25H29FN4O5. The fourth-order valence-electron chi connectivity index (χ4n) is 4.01. The molecule has 10 heteroatoms. The highest BCUT2D eigenvalue weighted by molar-refractivity contribution is 6.03. The summed E-state index contributed by atoms with van der Waals surface area (Å²) in [6.07, 6.45) is 1.08. The monoisotopic (exact) mass is 484 g/mol. The minimum Gasteiger partial charge on any atom is -0.454 e. The first kappa shape index (κ1) is 24.5. The standard InChI is InChI=1S/C25H29FN4O5/c1-3-10-27-25(32)29(11-12-33-2)15-24(31)30-21(17-8-9-22-23(13-17)35-16-34-22)14-20(28-30)18-6-4-5-7-19(18)26/h4-9,13,21H,3,10-12,14-16H2,1-2H3,(H,27,32)/t21-/m0/s1. The predicted octanol–water partition coefficient (Wildman–Crippen LogP) is 3.30. The molecule has 0 bridgehead atoms. The lowest BCUT2D eigenvalue weighted by Gasteiger charge is -2.27. The third-order valence-electron chi connectivity index (χ3n) is 5.84. The number of carbonyl (C=O) groups excluding carboxylic acids is 2. The smallest absolute Gasteiger partial charge is 0.317 e. The van der Waals surface area contributed by atoms with Crippen LogP contribution in [0.5, 0.6) is 11.5 Å². The maximum Gasteiger partial charge on any atom is 0.317 e. The van der Waals surface area contributed by atoms with Crippen LogP contribution in [0.2, 0.25) is 0 Å². The number of hydrogen-bond acceptors (Lipinski definition) is 6. The van der Waals surface area contributed by atoms with Crippen molar-refractivity contribution in [2.75, 3.05) is 40.1 Å². The average Bonchev–Trinajstić information content (AvgIpc) is 3.52. The summed E-state index contributed by atoms with van der Waals surface area (Å²) < 4.78 is 30.6. The number of ether oxygens (including phenoxy) is 3. The third kappa shape index (κ3) is 5.54. The summed E-state index contributed by atoms with van der Waals surface area (Å²) in [7, 11) is 1.53. The van der Waals surface area contributed by atoms with Gasteiger partial charge in [0.25, 0.3) is 5.91 Å². The van der Waals surface area contributed by atoms with E-state index in [1.54, 1.807) is 24.3 Å². The molecule has 9 nitrogen and oxygen atoms in total. The lowest BCUT2D eigenvalue weighted by Crippen LogP contribution is -2.47. The van der Waals surface area contributed by atoms with Crippen molar-refractivity contribution >= 4 is 17.6 Å². The summed E-state index contributed by atoms with van der Waals surface area (Å²) >= 11 is 0. The minimum atomic E-state index is -0.491. The van der Waals surface area contributed by atoms with Gasteiger partial charge < -0.3 is 24.4 Å². The van der Waals surface area contributed by atoms with Gasteiger partial charge in [-0.15, -0.1) is 0 Å². The molecule has 0 saturated carbocycles. The summed E-state index contributed by atoms with van der Waals surface area (Å²) in [4.78, 5) is 27.5. The van der Waals surface area contributed by atoms with Crippen molar-refractivity contribution in [3.8, 4) is 11.5 Å². The Morgan fingerprint density at radius 3 is 2.80 bits per heavy atom. The molecule has 0 fully saturated rings. The van der Waals surface area contributed by atoms with Gasteiger partial charge >= 0.3 is 6.03 Å². The highest BCUT2D eigenvalue weighted by Gasteiger charge is 2.35. The normalized spacial score (nSPS) is 16.3. The number of nitrogens with zero attached hydrogens (tertiary/aromatic N) is 3. The Hall–Kier alpha value is -3.66. The summed E-state index contributed by atoms with van der Waals surface area (Å²) in [5, 5.41) is 8.66. The number of nitrogens with one attached hydrogen (secondary N) is 1. The number of methoxy groups -OCH3 is 1. The molecule has 2 aromatic carbocycles. The second-order valence-corrected chi connectivity index (χ2v) is 8.24. The Morgan fingerprint density at radius 1 is 1.23 bits per heavy atom. The van der Waals surface area contributed by atoms with Gasteiger partial charge in [-0.2, -0.15) is 5.10 Å². The molecule has 0 unspecified atom stereocenters. The second-order valence-electron chi connectivity index (χ2n) is 8.24. The molecule has 2 aliphatic heterocycles. The van der Waals surface area contributed by atoms with Crippen molar-refractivity contribution in [3.63, 3.8) is 0 Å². The van der Waals surface area contributed by atoms with E-state index in [1.165, 1.54) is 23.1 Å². The highest BCUT2D eigenvalue weighted by Crippen LogP contribution is 2.39. The first-order valence-corrected chi connectivity index (χ1v) is 11.6. The Morgan fingerprint density at radius 2 is 2.03 bits per heavy atom. The summed E-state index contributed by atoms with van der Waals surface area (Å²) in [6.45, 7) is 2.89. The van der Waals surface area contributed by atoms with Crippen LogP contribution >= 0.6 is 0 Å². The van der Waals surface area contributed by atoms with E-state index >= 15 is 0 Å². The van der Waals surface area contributed by atoms with Gasteiger partial charge in [-0.3, -0.25) is 4.79 Å². The molecule has 2 aliphatic rings. The Bertz CT molecular complexity index is 1110. The van der Waals surface area contributed by atoms with Gasteiger partial charge in [0.2, 0.25) is 6.79 Å². The number of amides is 3. The maximum absolute atomic E-state index is 14.6. The number of fused-ring (bicyclic) bond motifs is 1. The van der Waals surface area contributed by atoms with E-state index in [0.717, 1.165) is 12.0 Å². The Kier molecular flexibility index (Phi) is 7.81. The second kappa shape index (κ2) is 11.2. The predicted molar refractivity (Wildman–Crippen MR) is 127 cm³/mol. The topological polar surface area (TPSA) is 92.7 Å². The fourth-order valence-corrected chi connectivity index (χ4v) is 4.01. The number of halogens is 1. The molecule has 186 valence electrons. The third-order valence-corrected chi connectivity index (χ3v) is 5.84. The van der Waals surface area contributed by atoms with Crippen LogP contribution in [-0.4, -0.2) is 67.7 Å². The lowest BCUT2D eigenvalue weighted by atomic mass is 9.97. The van der Waals surface area contributed by atoms with Gasteiger partial charge in [-0.05, 0) is 30.2 Å². The number of rotatable bonds is 9. The zero-order valence-electron chi connectivity index (χ0n) is 19.8. The number of urea groups is 1. The molecule has 35 heavy (non-hydrogen) atoms. The number of benzene rings is 2. The average molecular weight is 485 g/mol. The van der Waals surface area contributed by atoms with Crippen LogP contribution in [0.3, 0.4) is 0 Å². The fraction of sp³-hybridized carbons (Fsp3) is 0.400. The molecule has 0 saturated heterocycles. The van der Waals surface area contributed by atoms with Crippen LogP contribution < -0.4 is 14.8 Å². The van der Waals surface area contributed by atoms with Crippen molar-refractivity contribution in [1.29, 1.82) is 0 Å². The van der Waals surface area contributed by atoms with E-state index in [2.05, 4.69) is 10.4 Å². The molecule has 0 aliphatic carbocycles. The van der Waals surface area contributed by atoms with E-state index < -0.39 is 11.9 Å². The van der Waals surface area contributed by atoms with Crippen LogP contribution in [0.4, 0.5) is 9.18 Å². The molecule has 0 radical (unpaired) electrons. The molecule has 2 aromatic rings. The number of hydrazone groups is 1. The largest absolute Gasteiger partial charge is 0.454 e. The van der Waals surface area contributed by atoms with Crippen molar-refractivity contribution < 1.29 is 28.2 Å². The molecule has 1 atom stereocenters. The molecule has 0 aromatic heterocycles. The van der Waals surface area contributed by atoms with Gasteiger partial charge in [0.15, 0.2) is 11.5 Å². The number of hydrogen-bond donors (Lipinski definition) is 1. The first-order valence-electron chi connectivity index (χ1n) is 11.6. The molecule has 2 heterocycles. The van der Waals surface area contributed by atoms with Crippen molar-refractivity contribution in [2.24, 2.45) is 5.10 Å². The molecule has 0 spiro atoms. The zero-order chi connectivity index (χ0) is 24.8. The Labute approximate surface area is 203 Å². The van der Waals surface area contributed by atoms with E-state index in [1.807, 2.05) is 19.1 Å². The van der Waals surface area contributed by atoms with Gasteiger partial charge in [0, 0.05) is 32.2 Å². The number of carbonyl (C=O) groups is 2. The van der Waals surface area contributed by atoms with Gasteiger partial charge in [-0.25, -0.2) is 14.2 Å². The molecule has 3 amide bonds. The highest BCUT2D eigenvalue weighted by atomic mass is 19.1. The van der Waals surface area contributed by atoms with E-state index in [4.69, 9.17) is 14.2 Å². The van der Waals surface area contributed by atoms with Gasteiger partial charge in [0.05, 0.1) is 18.4 Å². The molecule has 1 N–H and O–H groups in total. The van der Waals surface area contributed by atoms with E-state index in [-0.39, 0.29) is 38.4 Å². The Balaban J connectivity index is 1.62. The maximum atomic E-state index is 14.6. The molecule has 4 rings (SSSR count). The quantitative estimate of drug-likeness (QED) is 0.590. The van der Waals surface area contributed by atoms with E-state index in [9.17, 15) is 14.0 Å². The summed E-state index contributed by atoms with van der Waals surface area (Å²) in [5.74, 6) is 0.403. The zero-order valence-corrected chi connectivity index (χ0v) is 19.8. The van der Waals surface area contributed by atoms with Crippen molar-refractivity contribution in [1.82, 2.24) is 15.2 Å². The van der Waals surface area contributed by atoms with Crippen LogP contribution in [0.25, 0.3) is 0 Å². The minimum absolute atomic E-state index is 0.129. The lowest BCUT2D eigenvalue weighted by molar-refractivity contribution is -0.133. The van der Waals surface area contributed by atoms with Crippen molar-refractivity contribution in [3.05, 3.63) is 59.4 Å². The van der Waals surface area contributed by atoms with Gasteiger partial charge in [-0.1, -0.05) is 31.2 Å². The summed E-state index contributed by atoms with van der Waals surface area (Å²) in [6, 6.07) is 10.9. The van der Waals surface area contributed by atoms with E-state index in [0.29, 0.717) is 35.7 Å².